The average molecular weight is 319 g/mol. The fourth-order valence-electron chi connectivity index (χ4n) is 1.98. The van der Waals surface area contributed by atoms with Crippen LogP contribution in [0.15, 0.2) is 35.7 Å². The maximum absolute atomic E-state index is 11.6. The number of aliphatic hydroxyl groups excluding tert-OH is 1. The predicted octanol–water partition coefficient (Wildman–Crippen LogP) is 2.42. The Bertz CT molecular complexity index is 586. The zero-order chi connectivity index (χ0) is 15.8. The summed E-state index contributed by atoms with van der Waals surface area (Å²) in [4.78, 5) is 16.2. The minimum Gasteiger partial charge on any atom is -0.396 e. The Hall–Kier alpha value is -1.92. The number of nitrogens with one attached hydrogen (secondary N) is 2. The van der Waals surface area contributed by atoms with Crippen molar-refractivity contribution >= 4 is 17.4 Å². The van der Waals surface area contributed by atoms with Gasteiger partial charge in [-0.1, -0.05) is 30.3 Å². The smallest absolute Gasteiger partial charge is 0.315 e. The van der Waals surface area contributed by atoms with Crippen LogP contribution in [0.25, 0.3) is 10.6 Å². The van der Waals surface area contributed by atoms with E-state index in [4.69, 9.17) is 5.11 Å². The Morgan fingerprint density at radius 3 is 2.86 bits per heavy atom. The molecule has 5 nitrogen and oxygen atoms in total. The molecule has 0 unspecified atom stereocenters. The van der Waals surface area contributed by atoms with Crippen LogP contribution in [0.4, 0.5) is 4.79 Å². The molecule has 0 saturated carbocycles. The molecule has 2 aromatic rings. The van der Waals surface area contributed by atoms with Crippen molar-refractivity contribution in [3.8, 4) is 10.6 Å². The van der Waals surface area contributed by atoms with E-state index >= 15 is 0 Å². The molecule has 0 aliphatic rings. The highest BCUT2D eigenvalue weighted by molar-refractivity contribution is 7.13. The molecular weight excluding hydrogens is 298 g/mol. The van der Waals surface area contributed by atoms with Gasteiger partial charge in [-0.25, -0.2) is 9.78 Å². The summed E-state index contributed by atoms with van der Waals surface area (Å²) in [6.07, 6.45) is 1.26. The van der Waals surface area contributed by atoms with Gasteiger partial charge < -0.3 is 15.7 Å². The number of aromatic nitrogens is 1. The Labute approximate surface area is 134 Å². The number of thiazole rings is 1. The Morgan fingerprint density at radius 2 is 2.14 bits per heavy atom. The van der Waals surface area contributed by atoms with Crippen molar-refractivity contribution in [3.63, 3.8) is 0 Å². The molecule has 0 spiro atoms. The van der Waals surface area contributed by atoms with Crippen LogP contribution >= 0.6 is 11.3 Å². The molecular formula is C16H21N3O2S. The summed E-state index contributed by atoms with van der Waals surface area (Å²) >= 11 is 1.61. The molecule has 22 heavy (non-hydrogen) atoms. The number of rotatable bonds is 7. The molecule has 1 atom stereocenters. The summed E-state index contributed by atoms with van der Waals surface area (Å²) < 4.78 is 0. The first kappa shape index (κ1) is 16.5. The second-order valence-electron chi connectivity index (χ2n) is 5.07. The van der Waals surface area contributed by atoms with Crippen molar-refractivity contribution in [2.75, 3.05) is 13.2 Å². The van der Waals surface area contributed by atoms with E-state index in [2.05, 4.69) is 15.6 Å². The summed E-state index contributed by atoms with van der Waals surface area (Å²) in [6, 6.07) is 9.81. The molecule has 0 aliphatic heterocycles. The lowest BCUT2D eigenvalue weighted by Gasteiger charge is -2.12. The molecule has 1 heterocycles. The number of hydrogen-bond donors (Lipinski definition) is 3. The highest BCUT2D eigenvalue weighted by Crippen LogP contribution is 2.23. The average Bonchev–Trinajstić information content (AvgIpc) is 2.97. The molecule has 0 saturated heterocycles. The minimum absolute atomic E-state index is 0.0334. The highest BCUT2D eigenvalue weighted by atomic mass is 32.1. The Balaban J connectivity index is 1.76. The minimum atomic E-state index is -0.209. The third-order valence-electron chi connectivity index (χ3n) is 3.18. The van der Waals surface area contributed by atoms with Crippen LogP contribution in [0.5, 0.6) is 0 Å². The first-order valence-electron chi connectivity index (χ1n) is 7.34. The van der Waals surface area contributed by atoms with Crippen LogP contribution in [0.2, 0.25) is 0 Å². The monoisotopic (exact) mass is 319 g/mol. The molecule has 0 fully saturated rings. The number of urea groups is 1. The number of amides is 2. The van der Waals surface area contributed by atoms with Gasteiger partial charge in [-0.3, -0.25) is 0 Å². The molecule has 3 N–H and O–H groups in total. The summed E-state index contributed by atoms with van der Waals surface area (Å²) in [5.74, 6) is 0. The van der Waals surface area contributed by atoms with E-state index in [9.17, 15) is 4.79 Å². The molecule has 2 rings (SSSR count). The lowest BCUT2D eigenvalue weighted by Crippen LogP contribution is -2.41. The SMILES string of the molecule is C[C@H](CCO)NC(=O)NCCc1csc(-c2ccccc2)n1. The lowest BCUT2D eigenvalue weighted by atomic mass is 10.2. The molecule has 118 valence electrons. The van der Waals surface area contributed by atoms with Crippen LogP contribution in [0, 0.1) is 0 Å². The van der Waals surface area contributed by atoms with Gasteiger partial charge in [-0.15, -0.1) is 11.3 Å². The number of carbonyl (C=O) groups is 1. The van der Waals surface area contributed by atoms with Gasteiger partial charge in [0.15, 0.2) is 0 Å². The maximum Gasteiger partial charge on any atom is 0.315 e. The number of carbonyl (C=O) groups excluding carboxylic acids is 1. The van der Waals surface area contributed by atoms with Gasteiger partial charge >= 0.3 is 6.03 Å². The molecule has 1 aromatic carbocycles. The Morgan fingerprint density at radius 1 is 1.36 bits per heavy atom. The van der Waals surface area contributed by atoms with Gasteiger partial charge in [-0.2, -0.15) is 0 Å². The number of nitrogens with zero attached hydrogens (tertiary/aromatic N) is 1. The fraction of sp³-hybridized carbons (Fsp3) is 0.375. The van der Waals surface area contributed by atoms with Crippen molar-refractivity contribution in [1.29, 1.82) is 0 Å². The Kier molecular flexibility index (Phi) is 6.36. The summed E-state index contributed by atoms with van der Waals surface area (Å²) in [5.41, 5.74) is 2.09. The topological polar surface area (TPSA) is 74.2 Å². The van der Waals surface area contributed by atoms with Crippen molar-refractivity contribution in [2.45, 2.75) is 25.8 Å². The summed E-state index contributed by atoms with van der Waals surface area (Å²) in [7, 11) is 0. The van der Waals surface area contributed by atoms with Gasteiger partial charge in [0.25, 0.3) is 0 Å². The van der Waals surface area contributed by atoms with Gasteiger partial charge in [0.2, 0.25) is 0 Å². The van der Waals surface area contributed by atoms with Crippen molar-refractivity contribution < 1.29 is 9.90 Å². The van der Waals surface area contributed by atoms with Crippen LogP contribution in [-0.2, 0) is 6.42 Å². The number of hydrogen-bond acceptors (Lipinski definition) is 4. The second-order valence-corrected chi connectivity index (χ2v) is 5.93. The van der Waals surface area contributed by atoms with Gasteiger partial charge in [-0.05, 0) is 13.3 Å². The lowest BCUT2D eigenvalue weighted by molar-refractivity contribution is 0.231. The van der Waals surface area contributed by atoms with Crippen molar-refractivity contribution in [3.05, 3.63) is 41.4 Å². The van der Waals surface area contributed by atoms with E-state index in [0.29, 0.717) is 19.4 Å². The van der Waals surface area contributed by atoms with Crippen molar-refractivity contribution in [1.82, 2.24) is 15.6 Å². The predicted molar refractivity (Wildman–Crippen MR) is 89.0 cm³/mol. The third-order valence-corrected chi connectivity index (χ3v) is 4.12. The van der Waals surface area contributed by atoms with Gasteiger partial charge in [0.1, 0.15) is 5.01 Å². The number of benzene rings is 1. The van der Waals surface area contributed by atoms with E-state index in [-0.39, 0.29) is 18.7 Å². The van der Waals surface area contributed by atoms with E-state index in [1.165, 1.54) is 0 Å². The van der Waals surface area contributed by atoms with Crippen molar-refractivity contribution in [2.24, 2.45) is 0 Å². The first-order chi connectivity index (χ1) is 10.7. The summed E-state index contributed by atoms with van der Waals surface area (Å²) in [6.45, 7) is 2.47. The van der Waals surface area contributed by atoms with E-state index < -0.39 is 0 Å². The van der Waals surface area contributed by atoms with Crippen LogP contribution in [0.3, 0.4) is 0 Å². The van der Waals surface area contributed by atoms with E-state index in [1.807, 2.05) is 42.6 Å². The van der Waals surface area contributed by atoms with Gasteiger partial charge in [0, 0.05) is 36.6 Å². The fourth-order valence-corrected chi connectivity index (χ4v) is 2.84. The molecule has 0 radical (unpaired) electrons. The zero-order valence-electron chi connectivity index (χ0n) is 12.6. The summed E-state index contributed by atoms with van der Waals surface area (Å²) in [5, 5.41) is 17.4. The number of aliphatic hydroxyl groups is 1. The highest BCUT2D eigenvalue weighted by Gasteiger charge is 2.07. The first-order valence-corrected chi connectivity index (χ1v) is 8.22. The quantitative estimate of drug-likeness (QED) is 0.734. The van der Waals surface area contributed by atoms with Gasteiger partial charge in [0.05, 0.1) is 5.69 Å². The molecule has 0 bridgehead atoms. The molecule has 0 aliphatic carbocycles. The molecule has 2 amide bonds. The largest absolute Gasteiger partial charge is 0.396 e. The standard InChI is InChI=1S/C16H21N3O2S/c1-12(8-10-20)18-16(21)17-9-7-14-11-22-15(19-14)13-5-3-2-4-6-13/h2-6,11-12,20H,7-10H2,1H3,(H2,17,18,21)/t12-/m1/s1. The maximum atomic E-state index is 11.6. The van der Waals surface area contributed by atoms with Crippen LogP contribution in [0.1, 0.15) is 19.0 Å². The van der Waals surface area contributed by atoms with Crippen LogP contribution in [-0.4, -0.2) is 35.3 Å². The van der Waals surface area contributed by atoms with E-state index in [0.717, 1.165) is 16.3 Å². The van der Waals surface area contributed by atoms with E-state index in [1.54, 1.807) is 11.3 Å². The second kappa shape index (κ2) is 8.51. The molecule has 1 aromatic heterocycles. The van der Waals surface area contributed by atoms with Crippen LogP contribution < -0.4 is 10.6 Å². The third kappa shape index (κ3) is 5.13. The molecule has 6 heteroatoms. The zero-order valence-corrected chi connectivity index (χ0v) is 13.4. The normalized spacial score (nSPS) is 11.9.